The van der Waals surface area contributed by atoms with E-state index in [9.17, 15) is 0 Å². The molecule has 144 valence electrons. The van der Waals surface area contributed by atoms with Crippen LogP contribution in [0, 0.1) is 0 Å². The van der Waals surface area contributed by atoms with E-state index in [1.165, 1.54) is 5.56 Å². The van der Waals surface area contributed by atoms with Crippen LogP contribution in [-0.2, 0) is 13.1 Å². The van der Waals surface area contributed by atoms with Gasteiger partial charge in [-0.2, -0.15) is 0 Å². The zero-order valence-electron chi connectivity index (χ0n) is 15.4. The molecule has 1 saturated carbocycles. The minimum atomic E-state index is 0.390. The average Bonchev–Trinajstić information content (AvgIpc) is 3.04. The van der Waals surface area contributed by atoms with E-state index in [0.29, 0.717) is 18.4 Å². The van der Waals surface area contributed by atoms with Crippen LogP contribution in [0.15, 0.2) is 36.5 Å². The molecule has 0 saturated heterocycles. The predicted octanol–water partition coefficient (Wildman–Crippen LogP) is 5.01. The van der Waals surface area contributed by atoms with E-state index in [-0.39, 0.29) is 0 Å². The van der Waals surface area contributed by atoms with Gasteiger partial charge in [0.2, 0.25) is 0 Å². The molecular formula is C21H21Cl2N5. The molecule has 1 aliphatic heterocycles. The van der Waals surface area contributed by atoms with Gasteiger partial charge in [0.1, 0.15) is 5.82 Å². The Morgan fingerprint density at radius 2 is 1.79 bits per heavy atom. The highest BCUT2D eigenvalue weighted by molar-refractivity contribution is 6.31. The predicted molar refractivity (Wildman–Crippen MR) is 110 cm³/mol. The van der Waals surface area contributed by atoms with E-state index < -0.39 is 0 Å². The largest absolute Gasteiger partial charge is 0.306 e. The van der Waals surface area contributed by atoms with Crippen LogP contribution in [0.25, 0.3) is 5.69 Å². The van der Waals surface area contributed by atoms with E-state index >= 15 is 0 Å². The third-order valence-electron chi connectivity index (χ3n) is 5.90. The van der Waals surface area contributed by atoms with Crippen LogP contribution < -0.4 is 5.32 Å². The number of pyridine rings is 1. The molecule has 0 bridgehead atoms. The first-order valence-electron chi connectivity index (χ1n) is 9.75. The maximum absolute atomic E-state index is 6.37. The summed E-state index contributed by atoms with van der Waals surface area (Å²) in [4.78, 5) is 4.52. The van der Waals surface area contributed by atoms with Crippen LogP contribution >= 0.6 is 23.2 Å². The Bertz CT molecular complexity index is 1010. The van der Waals surface area contributed by atoms with Crippen LogP contribution in [0.3, 0.4) is 0 Å². The Morgan fingerprint density at radius 1 is 0.964 bits per heavy atom. The zero-order valence-corrected chi connectivity index (χ0v) is 16.9. The van der Waals surface area contributed by atoms with E-state index in [2.05, 4.69) is 31.1 Å². The number of halogens is 2. The molecule has 0 unspecified atom stereocenters. The summed E-state index contributed by atoms with van der Waals surface area (Å²) in [5, 5.41) is 14.1. The lowest BCUT2D eigenvalue weighted by Crippen LogP contribution is -2.17. The standard InChI is InChI=1S/C21H21Cl2N5/c22-16-7-8-18-15(10-16)11-24-12-19-26-27-21(28(18)19)14-5-3-13(4-6-14)20-17(23)2-1-9-25-20/h1-2,7-10,13-14,24H,3-6,11-12H2/t13-,14-. The fourth-order valence-electron chi connectivity index (χ4n) is 4.52. The van der Waals surface area contributed by atoms with Crippen molar-refractivity contribution in [2.24, 2.45) is 0 Å². The second-order valence-corrected chi connectivity index (χ2v) is 8.45. The Morgan fingerprint density at radius 3 is 2.61 bits per heavy atom. The second kappa shape index (κ2) is 7.47. The zero-order chi connectivity index (χ0) is 19.1. The van der Waals surface area contributed by atoms with Gasteiger partial charge < -0.3 is 5.32 Å². The number of aromatic nitrogens is 4. The van der Waals surface area contributed by atoms with Gasteiger partial charge in [0.25, 0.3) is 0 Å². The SMILES string of the molecule is Clc1ccc2c(c1)CNCc1nnc([C@H]3CC[C@H](c4ncccc4Cl)CC3)n1-2. The molecule has 1 fully saturated rings. The normalized spacial score (nSPS) is 21.6. The average molecular weight is 414 g/mol. The topological polar surface area (TPSA) is 55.6 Å². The summed E-state index contributed by atoms with van der Waals surface area (Å²) in [6.07, 6.45) is 6.09. The van der Waals surface area contributed by atoms with Crippen LogP contribution in [0.2, 0.25) is 10.0 Å². The Kier molecular flexibility index (Phi) is 4.83. The first-order chi connectivity index (χ1) is 13.7. The molecule has 0 radical (unpaired) electrons. The number of benzene rings is 1. The molecule has 2 aliphatic rings. The molecule has 3 heterocycles. The monoisotopic (exact) mass is 413 g/mol. The molecule has 3 aromatic rings. The highest BCUT2D eigenvalue weighted by Gasteiger charge is 2.30. The highest BCUT2D eigenvalue weighted by Crippen LogP contribution is 2.42. The lowest BCUT2D eigenvalue weighted by Gasteiger charge is -2.28. The van der Waals surface area contributed by atoms with Crippen LogP contribution in [0.5, 0.6) is 0 Å². The fourth-order valence-corrected chi connectivity index (χ4v) is 4.99. The van der Waals surface area contributed by atoms with Crippen molar-refractivity contribution in [2.75, 3.05) is 0 Å². The molecule has 5 rings (SSSR count). The molecule has 28 heavy (non-hydrogen) atoms. The van der Waals surface area contributed by atoms with Crippen molar-refractivity contribution in [3.63, 3.8) is 0 Å². The van der Waals surface area contributed by atoms with Crippen molar-refractivity contribution in [2.45, 2.75) is 50.6 Å². The number of fused-ring (bicyclic) bond motifs is 3. The van der Waals surface area contributed by atoms with Crippen molar-refractivity contribution in [3.05, 3.63) is 69.5 Å². The van der Waals surface area contributed by atoms with E-state index in [1.54, 1.807) is 0 Å². The Hall–Kier alpha value is -1.95. The lowest BCUT2D eigenvalue weighted by molar-refractivity contribution is 0.377. The number of nitrogens with one attached hydrogen (secondary N) is 1. The molecule has 7 heteroatoms. The fraction of sp³-hybridized carbons (Fsp3) is 0.381. The van der Waals surface area contributed by atoms with Crippen molar-refractivity contribution in [1.29, 1.82) is 0 Å². The van der Waals surface area contributed by atoms with Crippen LogP contribution in [-0.4, -0.2) is 19.7 Å². The van der Waals surface area contributed by atoms with Gasteiger partial charge in [0, 0.05) is 29.6 Å². The number of hydrogen-bond acceptors (Lipinski definition) is 4. The minimum Gasteiger partial charge on any atom is -0.306 e. The minimum absolute atomic E-state index is 0.390. The van der Waals surface area contributed by atoms with Gasteiger partial charge in [-0.1, -0.05) is 23.2 Å². The van der Waals surface area contributed by atoms with Crippen molar-refractivity contribution in [1.82, 2.24) is 25.1 Å². The first-order valence-corrected chi connectivity index (χ1v) is 10.5. The van der Waals surface area contributed by atoms with Crippen molar-refractivity contribution < 1.29 is 0 Å². The smallest absolute Gasteiger partial charge is 0.151 e. The van der Waals surface area contributed by atoms with Gasteiger partial charge in [0.15, 0.2) is 5.82 Å². The van der Waals surface area contributed by atoms with Crippen molar-refractivity contribution >= 4 is 23.2 Å². The van der Waals surface area contributed by atoms with Crippen LogP contribution in [0.1, 0.15) is 60.4 Å². The van der Waals surface area contributed by atoms with Gasteiger partial charge in [-0.05, 0) is 61.6 Å². The molecule has 1 aliphatic carbocycles. The summed E-state index contributed by atoms with van der Waals surface area (Å²) in [6.45, 7) is 1.49. The summed E-state index contributed by atoms with van der Waals surface area (Å²) in [7, 11) is 0. The quantitative estimate of drug-likeness (QED) is 0.640. The van der Waals surface area contributed by atoms with Gasteiger partial charge >= 0.3 is 0 Å². The first kappa shape index (κ1) is 18.1. The molecule has 2 aromatic heterocycles. The summed E-state index contributed by atoms with van der Waals surface area (Å²) < 4.78 is 2.24. The van der Waals surface area contributed by atoms with E-state index in [4.69, 9.17) is 23.2 Å². The molecule has 1 N–H and O–H groups in total. The lowest BCUT2D eigenvalue weighted by atomic mass is 9.80. The highest BCUT2D eigenvalue weighted by atomic mass is 35.5. The number of rotatable bonds is 2. The number of hydrogen-bond donors (Lipinski definition) is 1. The molecule has 5 nitrogen and oxygen atoms in total. The van der Waals surface area contributed by atoms with Crippen molar-refractivity contribution in [3.8, 4) is 5.69 Å². The molecule has 0 spiro atoms. The maximum atomic E-state index is 6.37. The molecule has 1 aromatic carbocycles. The van der Waals surface area contributed by atoms with Gasteiger partial charge in [-0.15, -0.1) is 10.2 Å². The maximum Gasteiger partial charge on any atom is 0.151 e. The van der Waals surface area contributed by atoms with Gasteiger partial charge in [-0.3, -0.25) is 9.55 Å². The third-order valence-corrected chi connectivity index (χ3v) is 6.46. The summed E-state index contributed by atoms with van der Waals surface area (Å²) in [6, 6.07) is 9.88. The summed E-state index contributed by atoms with van der Waals surface area (Å²) >= 11 is 12.6. The summed E-state index contributed by atoms with van der Waals surface area (Å²) in [5.74, 6) is 2.84. The molecule has 0 amide bonds. The Balaban J connectivity index is 1.43. The molecule has 0 atom stereocenters. The number of nitrogens with zero attached hydrogens (tertiary/aromatic N) is 4. The third kappa shape index (κ3) is 3.21. The van der Waals surface area contributed by atoms with E-state index in [0.717, 1.165) is 65.3 Å². The molecular weight excluding hydrogens is 393 g/mol. The van der Waals surface area contributed by atoms with Gasteiger partial charge in [-0.25, -0.2) is 0 Å². The summed E-state index contributed by atoms with van der Waals surface area (Å²) in [5.41, 5.74) is 3.35. The Labute approximate surface area is 174 Å². The van der Waals surface area contributed by atoms with E-state index in [1.807, 2.05) is 30.5 Å². The second-order valence-electron chi connectivity index (χ2n) is 7.61. The van der Waals surface area contributed by atoms with Crippen LogP contribution in [0.4, 0.5) is 0 Å². The van der Waals surface area contributed by atoms with Gasteiger partial charge in [0.05, 0.1) is 22.9 Å².